The molecule has 0 spiro atoms. The monoisotopic (exact) mass is 1010 g/mol. The molecule has 0 radical (unpaired) electrons. The number of Topliss-reactive ketones (excluding diaryl/α,β-unsaturated/α-hetero) is 1. The topological polar surface area (TPSA) is 134 Å². The van der Waals surface area contributed by atoms with Crippen LogP contribution in [0, 0.1) is 6.92 Å². The molecular weight excluding hydrogens is 937 g/mol. The average Bonchev–Trinajstić information content (AvgIpc) is 3.44. The second-order valence-electron chi connectivity index (χ2n) is 16.5. The van der Waals surface area contributed by atoms with Crippen molar-refractivity contribution in [3.05, 3.63) is 178 Å². The lowest BCUT2D eigenvalue weighted by molar-refractivity contribution is 0.102. The maximum Gasteiger partial charge on any atom is 0.204 e. The normalized spacial score (nSPS) is 10.8. The van der Waals surface area contributed by atoms with Gasteiger partial charge in [-0.1, -0.05) is 69.3 Å². The molecule has 74 heavy (non-hydrogen) atoms. The van der Waals surface area contributed by atoms with Crippen molar-refractivity contribution in [1.82, 2.24) is 0 Å². The third-order valence-electron chi connectivity index (χ3n) is 10.8. The van der Waals surface area contributed by atoms with Gasteiger partial charge in [-0.25, -0.2) is 0 Å². The Morgan fingerprint density at radius 2 is 0.878 bits per heavy atom. The number of rotatable bonds is 24. The molecule has 0 atom stereocenters. The smallest absolute Gasteiger partial charge is 0.204 e. The number of methoxy groups -OCH3 is 6. The molecule has 12 heteroatoms. The Kier molecular flexibility index (Phi) is 24.6. The molecule has 0 aliphatic heterocycles. The van der Waals surface area contributed by atoms with Crippen molar-refractivity contribution in [3.63, 3.8) is 0 Å². The van der Waals surface area contributed by atoms with Crippen molar-refractivity contribution < 1.29 is 57.0 Å². The Labute approximate surface area is 437 Å². The van der Waals surface area contributed by atoms with Gasteiger partial charge >= 0.3 is 0 Å². The second kappa shape index (κ2) is 31.3. The summed E-state index contributed by atoms with van der Waals surface area (Å²) in [4.78, 5) is 37.6. The lowest BCUT2D eigenvalue weighted by Gasteiger charge is -2.14. The van der Waals surface area contributed by atoms with Crippen molar-refractivity contribution in [1.29, 1.82) is 0 Å². The lowest BCUT2D eigenvalue weighted by Crippen LogP contribution is -2.02. The minimum Gasteiger partial charge on any atom is -0.497 e. The van der Waals surface area contributed by atoms with Crippen LogP contribution in [0.3, 0.4) is 0 Å². The third-order valence-corrected chi connectivity index (χ3v) is 10.8. The molecule has 0 aliphatic rings. The van der Waals surface area contributed by atoms with Crippen molar-refractivity contribution in [2.24, 2.45) is 0 Å². The highest BCUT2D eigenvalue weighted by atomic mass is 16.5. The number of carbonyl (C=O) groups is 3. The summed E-state index contributed by atoms with van der Waals surface area (Å²) in [5.74, 6) is 5.26. The fraction of sp³-hybridized carbons (Fsp3) is 0.274. The van der Waals surface area contributed by atoms with E-state index in [1.165, 1.54) is 40.6 Å². The van der Waals surface area contributed by atoms with Crippen LogP contribution in [-0.4, -0.2) is 79.8 Å². The van der Waals surface area contributed by atoms with E-state index >= 15 is 0 Å². The first-order valence-electron chi connectivity index (χ1n) is 24.4. The Bertz CT molecular complexity index is 2810. The predicted octanol–water partition coefficient (Wildman–Crippen LogP) is 13.9. The molecular formula is C62H70O12. The molecule has 0 heterocycles. The summed E-state index contributed by atoms with van der Waals surface area (Å²) >= 11 is 0. The first kappa shape index (κ1) is 58.3. The average molecular weight is 1010 g/mol. The zero-order valence-corrected chi connectivity index (χ0v) is 44.6. The number of carbonyl (C=O) groups excluding carboxylic acids is 3. The van der Waals surface area contributed by atoms with E-state index in [2.05, 4.69) is 20.8 Å². The third kappa shape index (κ3) is 18.1. The van der Waals surface area contributed by atoms with E-state index in [4.69, 9.17) is 42.6 Å². The number of hydrogen-bond acceptors (Lipinski definition) is 12. The van der Waals surface area contributed by atoms with E-state index < -0.39 is 0 Å². The van der Waals surface area contributed by atoms with Crippen LogP contribution in [0.5, 0.6) is 51.7 Å². The van der Waals surface area contributed by atoms with Gasteiger partial charge in [-0.15, -0.1) is 0 Å². The Hall–Kier alpha value is -8.25. The number of benzene rings is 6. The van der Waals surface area contributed by atoms with Crippen molar-refractivity contribution >= 4 is 35.6 Å². The van der Waals surface area contributed by atoms with Crippen LogP contribution in [0.15, 0.2) is 139 Å². The molecule has 0 aromatic heterocycles. The van der Waals surface area contributed by atoms with Gasteiger partial charge in [-0.05, 0) is 164 Å². The molecule has 0 amide bonds. The number of ketones is 3. The SMILES string of the molecule is CCCOc1ccc(/C=C(\C)C(=O)c2cc(C)cc(OC)c2)cc1.CCCOc1ccc(/C=C/C(=O)c2cc(OC)ccc2OC)cc1.CCCOc1ccc(/C=C/C(=O)c2ccc(OC)c(OC)c2OC)cc1. The van der Waals surface area contributed by atoms with E-state index in [0.717, 1.165) is 58.8 Å². The first-order valence-corrected chi connectivity index (χ1v) is 24.4. The lowest BCUT2D eigenvalue weighted by atomic mass is 10.0. The molecule has 0 saturated heterocycles. The van der Waals surface area contributed by atoms with Gasteiger partial charge in [0.1, 0.15) is 34.5 Å². The highest BCUT2D eigenvalue weighted by Crippen LogP contribution is 2.40. The molecule has 6 aromatic carbocycles. The quantitative estimate of drug-likeness (QED) is 0.0422. The zero-order valence-electron chi connectivity index (χ0n) is 44.6. The molecule has 0 fully saturated rings. The molecule has 0 aliphatic carbocycles. The fourth-order valence-corrected chi connectivity index (χ4v) is 7.04. The van der Waals surface area contributed by atoms with Crippen LogP contribution in [0.4, 0.5) is 0 Å². The summed E-state index contributed by atoms with van der Waals surface area (Å²) in [5, 5.41) is 0. The molecule has 12 nitrogen and oxygen atoms in total. The molecule has 6 aromatic rings. The summed E-state index contributed by atoms with van der Waals surface area (Å²) in [7, 11) is 9.24. The van der Waals surface area contributed by atoms with E-state index in [1.54, 1.807) is 62.8 Å². The minimum absolute atomic E-state index is 0.00306. The Balaban J connectivity index is 0.000000241. The number of aryl methyl sites for hydroxylation is 1. The first-order chi connectivity index (χ1) is 35.8. The van der Waals surface area contributed by atoms with Crippen LogP contribution in [-0.2, 0) is 0 Å². The predicted molar refractivity (Wildman–Crippen MR) is 295 cm³/mol. The van der Waals surface area contributed by atoms with Gasteiger partial charge in [0.25, 0.3) is 0 Å². The van der Waals surface area contributed by atoms with Crippen LogP contribution in [0.25, 0.3) is 18.2 Å². The highest BCUT2D eigenvalue weighted by molar-refractivity contribution is 6.11. The van der Waals surface area contributed by atoms with Crippen LogP contribution < -0.4 is 42.6 Å². The van der Waals surface area contributed by atoms with Crippen LogP contribution >= 0.6 is 0 Å². The van der Waals surface area contributed by atoms with Crippen molar-refractivity contribution in [3.8, 4) is 51.7 Å². The van der Waals surface area contributed by atoms with Gasteiger partial charge in [0, 0.05) is 5.56 Å². The minimum atomic E-state index is -0.186. The molecule has 390 valence electrons. The summed E-state index contributed by atoms with van der Waals surface area (Å²) in [6, 6.07) is 37.0. The van der Waals surface area contributed by atoms with Gasteiger partial charge in [-0.2, -0.15) is 0 Å². The summed E-state index contributed by atoms with van der Waals surface area (Å²) < 4.78 is 48.2. The van der Waals surface area contributed by atoms with Crippen LogP contribution in [0.1, 0.15) is 100 Å². The molecule has 6 rings (SSSR count). The van der Waals surface area contributed by atoms with Gasteiger partial charge in [-0.3, -0.25) is 14.4 Å². The maximum absolute atomic E-state index is 12.6. The van der Waals surface area contributed by atoms with E-state index in [1.807, 2.05) is 105 Å². The van der Waals surface area contributed by atoms with E-state index in [9.17, 15) is 14.4 Å². The summed E-state index contributed by atoms with van der Waals surface area (Å²) in [6.45, 7) is 12.1. The molecule has 0 saturated carbocycles. The second-order valence-corrected chi connectivity index (χ2v) is 16.5. The molecule has 0 bridgehead atoms. The standard InChI is InChI=1S/C21H24O5.C21H24O3.C20H22O4/c1-5-14-26-16-9-6-15(7-10-16)8-12-18(22)17-11-13-19(23-2)21(25-4)20(17)24-3;1-5-10-24-19-8-6-17(7-9-19)13-16(3)21(22)18-11-15(2)12-20(14-18)23-4;1-4-13-24-16-8-5-15(6-9-16)7-11-19(21)18-14-17(22-2)10-12-20(18)23-3/h6-13H,5,14H2,1-4H3;6-9,11-14H,5,10H2,1-4H3;5-12,14H,4,13H2,1-3H3/b12-8+;16-13+;11-7+. The Morgan fingerprint density at radius 3 is 1.32 bits per heavy atom. The number of ether oxygens (including phenoxy) is 9. The van der Waals surface area contributed by atoms with Gasteiger partial charge < -0.3 is 42.6 Å². The van der Waals surface area contributed by atoms with Gasteiger partial charge in [0.15, 0.2) is 28.8 Å². The maximum atomic E-state index is 12.6. The van der Waals surface area contributed by atoms with E-state index in [0.29, 0.717) is 76.6 Å². The van der Waals surface area contributed by atoms with Crippen molar-refractivity contribution in [2.75, 3.05) is 62.5 Å². The largest absolute Gasteiger partial charge is 0.497 e. The summed E-state index contributed by atoms with van der Waals surface area (Å²) in [6.07, 6.45) is 11.4. The molecule has 0 unspecified atom stereocenters. The van der Waals surface area contributed by atoms with Crippen LogP contribution in [0.2, 0.25) is 0 Å². The summed E-state index contributed by atoms with van der Waals surface area (Å²) in [5.41, 5.74) is 6.01. The van der Waals surface area contributed by atoms with E-state index in [-0.39, 0.29) is 17.3 Å². The molecule has 0 N–H and O–H groups in total. The van der Waals surface area contributed by atoms with Crippen molar-refractivity contribution in [2.45, 2.75) is 53.9 Å². The Morgan fingerprint density at radius 1 is 0.432 bits per heavy atom. The fourth-order valence-electron chi connectivity index (χ4n) is 7.04. The number of allylic oxidation sites excluding steroid dienone is 3. The van der Waals surface area contributed by atoms with Gasteiger partial charge in [0.2, 0.25) is 5.75 Å². The zero-order chi connectivity index (χ0) is 53.8. The highest BCUT2D eigenvalue weighted by Gasteiger charge is 2.19. The van der Waals surface area contributed by atoms with Gasteiger partial charge in [0.05, 0.1) is 73.6 Å². The number of hydrogen-bond donors (Lipinski definition) is 0.